The fourth-order valence-corrected chi connectivity index (χ4v) is 1.82. The number of rotatable bonds is 3. The van der Waals surface area contributed by atoms with Crippen LogP contribution in [0.5, 0.6) is 0 Å². The van der Waals surface area contributed by atoms with Gasteiger partial charge in [0.1, 0.15) is 5.69 Å². The van der Waals surface area contributed by atoms with Gasteiger partial charge in [0.05, 0.1) is 0 Å². The van der Waals surface area contributed by atoms with Crippen molar-refractivity contribution in [3.8, 4) is 0 Å². The number of anilines is 1. The predicted octanol–water partition coefficient (Wildman–Crippen LogP) is 1.67. The van der Waals surface area contributed by atoms with Crippen LogP contribution in [-0.4, -0.2) is 10.9 Å². The Morgan fingerprint density at radius 2 is 2.44 bits per heavy atom. The van der Waals surface area contributed by atoms with Gasteiger partial charge in [-0.15, -0.1) is 0 Å². The Labute approximate surface area is 93.4 Å². The first-order valence-corrected chi connectivity index (χ1v) is 5.39. The molecule has 0 fully saturated rings. The van der Waals surface area contributed by atoms with Crippen molar-refractivity contribution in [1.29, 1.82) is 0 Å². The van der Waals surface area contributed by atoms with E-state index in [4.69, 9.17) is 0 Å². The molecular weight excluding hydrogens is 204 g/mol. The number of nitrogens with one attached hydrogen (secondary N) is 2. The molecule has 84 valence electrons. The van der Waals surface area contributed by atoms with Crippen LogP contribution in [0.4, 0.5) is 5.69 Å². The molecule has 0 radical (unpaired) electrons. The van der Waals surface area contributed by atoms with E-state index >= 15 is 0 Å². The van der Waals surface area contributed by atoms with E-state index in [1.165, 1.54) is 18.5 Å². The van der Waals surface area contributed by atoms with Gasteiger partial charge in [0, 0.05) is 24.9 Å². The van der Waals surface area contributed by atoms with Crippen LogP contribution in [0.2, 0.25) is 0 Å². The molecule has 2 N–H and O–H groups in total. The second-order valence-electron chi connectivity index (χ2n) is 3.94. The summed E-state index contributed by atoms with van der Waals surface area (Å²) in [5.41, 5.74) is 0.142. The molecular formula is C12H14N2O2. The average molecular weight is 218 g/mol. The highest BCUT2D eigenvalue weighted by molar-refractivity contribution is 5.90. The van der Waals surface area contributed by atoms with E-state index in [9.17, 15) is 9.59 Å². The lowest BCUT2D eigenvalue weighted by Gasteiger charge is -2.07. The van der Waals surface area contributed by atoms with Crippen LogP contribution < -0.4 is 10.7 Å². The summed E-state index contributed by atoms with van der Waals surface area (Å²) >= 11 is 0. The molecule has 2 rings (SSSR count). The number of pyridine rings is 1. The topological polar surface area (TPSA) is 62.0 Å². The lowest BCUT2D eigenvalue weighted by molar-refractivity contribution is -0.116. The number of amides is 1. The lowest BCUT2D eigenvalue weighted by Crippen LogP contribution is -2.19. The monoisotopic (exact) mass is 218 g/mol. The molecule has 1 aromatic rings. The van der Waals surface area contributed by atoms with E-state index < -0.39 is 0 Å². The number of carbonyl (C=O) groups excluding carboxylic acids is 1. The zero-order chi connectivity index (χ0) is 11.4. The zero-order valence-electron chi connectivity index (χ0n) is 8.90. The highest BCUT2D eigenvalue weighted by Gasteiger charge is 2.14. The highest BCUT2D eigenvalue weighted by atomic mass is 16.2. The van der Waals surface area contributed by atoms with Crippen molar-refractivity contribution in [1.82, 2.24) is 4.98 Å². The first kappa shape index (κ1) is 10.7. The number of carbonyl (C=O) groups is 1. The molecule has 16 heavy (non-hydrogen) atoms. The van der Waals surface area contributed by atoms with E-state index in [1.807, 2.05) is 0 Å². The maximum absolute atomic E-state index is 11.6. The SMILES string of the molecule is O=C(C[C@H]1C=CCC1)Nc1c[nH]ccc1=O. The molecule has 1 amide bonds. The highest BCUT2D eigenvalue weighted by Crippen LogP contribution is 2.20. The summed E-state index contributed by atoms with van der Waals surface area (Å²) in [7, 11) is 0. The summed E-state index contributed by atoms with van der Waals surface area (Å²) in [6, 6.07) is 1.39. The molecule has 1 heterocycles. The molecule has 0 bridgehead atoms. The maximum atomic E-state index is 11.6. The third-order valence-electron chi connectivity index (χ3n) is 2.66. The Bertz CT molecular complexity index is 462. The van der Waals surface area contributed by atoms with Gasteiger partial charge in [0.25, 0.3) is 0 Å². The number of hydrogen-bond donors (Lipinski definition) is 2. The summed E-state index contributed by atoms with van der Waals surface area (Å²) in [6.45, 7) is 0. The Morgan fingerprint density at radius 3 is 3.12 bits per heavy atom. The predicted molar refractivity (Wildman–Crippen MR) is 62.2 cm³/mol. The Hall–Kier alpha value is -1.84. The fourth-order valence-electron chi connectivity index (χ4n) is 1.82. The molecule has 0 aromatic carbocycles. The molecule has 0 saturated heterocycles. The molecule has 4 nitrogen and oxygen atoms in total. The molecule has 1 atom stereocenters. The normalized spacial score (nSPS) is 18.6. The van der Waals surface area contributed by atoms with Gasteiger partial charge in [-0.3, -0.25) is 9.59 Å². The number of aromatic nitrogens is 1. The smallest absolute Gasteiger partial charge is 0.225 e. The van der Waals surface area contributed by atoms with Crippen molar-refractivity contribution < 1.29 is 4.79 Å². The fraction of sp³-hybridized carbons (Fsp3) is 0.333. The zero-order valence-corrected chi connectivity index (χ0v) is 8.90. The summed E-state index contributed by atoms with van der Waals surface area (Å²) in [5, 5.41) is 2.62. The maximum Gasteiger partial charge on any atom is 0.225 e. The standard InChI is InChI=1S/C12H14N2O2/c15-11-5-6-13-8-10(11)14-12(16)7-9-3-1-2-4-9/h1,3,5-6,8-9H,2,4,7H2,(H,13,15)(H,14,16)/t9-/m0/s1. The first-order chi connectivity index (χ1) is 7.75. The van der Waals surface area contributed by atoms with E-state index in [1.54, 1.807) is 0 Å². The molecule has 0 unspecified atom stereocenters. The molecule has 0 aliphatic heterocycles. The van der Waals surface area contributed by atoms with E-state index in [0.717, 1.165) is 12.8 Å². The van der Waals surface area contributed by atoms with Gasteiger partial charge in [-0.1, -0.05) is 12.2 Å². The number of aromatic amines is 1. The van der Waals surface area contributed by atoms with Gasteiger partial charge in [-0.25, -0.2) is 0 Å². The Kier molecular flexibility index (Phi) is 3.19. The Balaban J connectivity index is 1.94. The van der Waals surface area contributed by atoms with Crippen molar-refractivity contribution in [3.63, 3.8) is 0 Å². The van der Waals surface area contributed by atoms with Gasteiger partial charge >= 0.3 is 0 Å². The van der Waals surface area contributed by atoms with Crippen LogP contribution >= 0.6 is 0 Å². The van der Waals surface area contributed by atoms with Crippen LogP contribution in [-0.2, 0) is 4.79 Å². The van der Waals surface area contributed by atoms with Crippen molar-refractivity contribution in [2.75, 3.05) is 5.32 Å². The van der Waals surface area contributed by atoms with Gasteiger partial charge in [0.2, 0.25) is 11.3 Å². The minimum Gasteiger partial charge on any atom is -0.366 e. The largest absolute Gasteiger partial charge is 0.366 e. The third-order valence-corrected chi connectivity index (χ3v) is 2.66. The van der Waals surface area contributed by atoms with E-state index in [-0.39, 0.29) is 11.3 Å². The Morgan fingerprint density at radius 1 is 1.56 bits per heavy atom. The lowest BCUT2D eigenvalue weighted by atomic mass is 10.1. The van der Waals surface area contributed by atoms with Gasteiger partial charge < -0.3 is 10.3 Å². The van der Waals surface area contributed by atoms with Crippen LogP contribution in [0, 0.1) is 5.92 Å². The number of allylic oxidation sites excluding steroid dienone is 2. The molecule has 1 aliphatic carbocycles. The van der Waals surface area contributed by atoms with Gasteiger partial charge in [-0.05, 0) is 18.8 Å². The average Bonchev–Trinajstić information content (AvgIpc) is 2.74. The third kappa shape index (κ3) is 2.59. The van der Waals surface area contributed by atoms with Gasteiger partial charge in [-0.2, -0.15) is 0 Å². The van der Waals surface area contributed by atoms with E-state index in [0.29, 0.717) is 18.0 Å². The van der Waals surface area contributed by atoms with Crippen molar-refractivity contribution in [2.45, 2.75) is 19.3 Å². The number of hydrogen-bond acceptors (Lipinski definition) is 2. The summed E-state index contributed by atoms with van der Waals surface area (Å²) in [5.74, 6) is 0.219. The van der Waals surface area contributed by atoms with Crippen LogP contribution in [0.3, 0.4) is 0 Å². The second kappa shape index (κ2) is 4.79. The van der Waals surface area contributed by atoms with Crippen molar-refractivity contribution in [3.05, 3.63) is 40.8 Å². The number of H-pyrrole nitrogens is 1. The summed E-state index contributed by atoms with van der Waals surface area (Å²) in [4.78, 5) is 25.7. The van der Waals surface area contributed by atoms with Crippen LogP contribution in [0.1, 0.15) is 19.3 Å². The molecule has 0 spiro atoms. The minimum atomic E-state index is -0.172. The van der Waals surface area contributed by atoms with Crippen molar-refractivity contribution in [2.24, 2.45) is 5.92 Å². The molecule has 1 aliphatic rings. The van der Waals surface area contributed by atoms with Crippen molar-refractivity contribution >= 4 is 11.6 Å². The summed E-state index contributed by atoms with van der Waals surface area (Å²) < 4.78 is 0. The molecule has 0 saturated carbocycles. The second-order valence-corrected chi connectivity index (χ2v) is 3.94. The molecule has 4 heteroatoms. The van der Waals surface area contributed by atoms with Gasteiger partial charge in [0.15, 0.2) is 0 Å². The van der Waals surface area contributed by atoms with Crippen LogP contribution in [0.15, 0.2) is 35.4 Å². The quantitative estimate of drug-likeness (QED) is 0.758. The van der Waals surface area contributed by atoms with Crippen LogP contribution in [0.25, 0.3) is 0 Å². The molecule has 1 aromatic heterocycles. The summed E-state index contributed by atoms with van der Waals surface area (Å²) in [6.07, 6.45) is 9.72. The minimum absolute atomic E-state index is 0.103. The van der Waals surface area contributed by atoms with E-state index in [2.05, 4.69) is 22.5 Å². The first-order valence-electron chi connectivity index (χ1n) is 5.39.